The summed E-state index contributed by atoms with van der Waals surface area (Å²) in [6.45, 7) is 0. The molecule has 0 bridgehead atoms. The van der Waals surface area contributed by atoms with Crippen LogP contribution in [0.15, 0.2) is 50.1 Å². The summed E-state index contributed by atoms with van der Waals surface area (Å²) in [5.74, 6) is -0.492. The number of rotatable bonds is 2. The molecule has 0 saturated heterocycles. The topological polar surface area (TPSA) is 84.0 Å². The standard InChI is InChI=1S/C13H10BrN3O2/c14-7-2-1-3-8(4-7)16-10-6-11-12(5-9(10)15)19-13(18)17-11/h1-6,16H,15H2,(H,17,18). The van der Waals surface area contributed by atoms with Gasteiger partial charge in [0, 0.05) is 16.2 Å². The molecule has 0 radical (unpaired) electrons. The Morgan fingerprint density at radius 1 is 1.26 bits per heavy atom. The van der Waals surface area contributed by atoms with Gasteiger partial charge in [-0.3, -0.25) is 4.98 Å². The molecule has 0 unspecified atom stereocenters. The van der Waals surface area contributed by atoms with Gasteiger partial charge in [-0.2, -0.15) is 0 Å². The zero-order valence-corrected chi connectivity index (χ0v) is 11.3. The SMILES string of the molecule is Nc1cc2oc(=O)[nH]c2cc1Nc1cccc(Br)c1. The maximum absolute atomic E-state index is 11.1. The molecule has 1 aromatic heterocycles. The highest BCUT2D eigenvalue weighted by atomic mass is 79.9. The van der Waals surface area contributed by atoms with Gasteiger partial charge in [0.1, 0.15) is 0 Å². The Kier molecular flexibility index (Phi) is 2.79. The number of aromatic amines is 1. The molecule has 2 aromatic carbocycles. The van der Waals surface area contributed by atoms with Crippen molar-refractivity contribution in [2.75, 3.05) is 11.1 Å². The number of nitrogens with one attached hydrogen (secondary N) is 2. The number of oxazole rings is 1. The molecule has 0 fully saturated rings. The number of fused-ring (bicyclic) bond motifs is 1. The Bertz CT molecular complexity index is 807. The normalized spacial score (nSPS) is 10.8. The lowest BCUT2D eigenvalue weighted by Gasteiger charge is -2.09. The van der Waals surface area contributed by atoms with Gasteiger partial charge >= 0.3 is 5.76 Å². The number of hydrogen-bond donors (Lipinski definition) is 3. The molecule has 6 heteroatoms. The molecule has 0 aliphatic rings. The van der Waals surface area contributed by atoms with Crippen molar-refractivity contribution < 1.29 is 4.42 Å². The zero-order valence-electron chi connectivity index (χ0n) is 9.74. The summed E-state index contributed by atoms with van der Waals surface area (Å²) in [6.07, 6.45) is 0. The van der Waals surface area contributed by atoms with E-state index >= 15 is 0 Å². The summed E-state index contributed by atoms with van der Waals surface area (Å²) in [4.78, 5) is 13.7. The number of aromatic nitrogens is 1. The minimum Gasteiger partial charge on any atom is -0.408 e. The minimum atomic E-state index is -0.492. The third-order valence-electron chi connectivity index (χ3n) is 2.69. The summed E-state index contributed by atoms with van der Waals surface area (Å²) in [5.41, 5.74) is 9.10. The van der Waals surface area contributed by atoms with Crippen LogP contribution in [-0.2, 0) is 0 Å². The quantitative estimate of drug-likeness (QED) is 0.633. The summed E-state index contributed by atoms with van der Waals surface area (Å²) in [7, 11) is 0. The van der Waals surface area contributed by atoms with Crippen molar-refractivity contribution >= 4 is 44.1 Å². The first kappa shape index (κ1) is 11.9. The molecule has 3 aromatic rings. The number of benzene rings is 2. The van der Waals surface area contributed by atoms with Gasteiger partial charge in [-0.1, -0.05) is 22.0 Å². The maximum atomic E-state index is 11.1. The van der Waals surface area contributed by atoms with Crippen LogP contribution in [0.25, 0.3) is 11.1 Å². The predicted octanol–water partition coefficient (Wildman–Crippen LogP) is 3.21. The number of anilines is 3. The zero-order chi connectivity index (χ0) is 13.4. The first-order valence-electron chi connectivity index (χ1n) is 5.57. The number of hydrogen-bond acceptors (Lipinski definition) is 4. The van der Waals surface area contributed by atoms with E-state index in [4.69, 9.17) is 10.2 Å². The molecule has 0 atom stereocenters. The molecule has 5 nitrogen and oxygen atoms in total. The third kappa shape index (κ3) is 2.34. The van der Waals surface area contributed by atoms with E-state index in [2.05, 4.69) is 26.2 Å². The Morgan fingerprint density at radius 3 is 2.89 bits per heavy atom. The Hall–Kier alpha value is -2.21. The summed E-state index contributed by atoms with van der Waals surface area (Å²) in [5, 5.41) is 3.20. The summed E-state index contributed by atoms with van der Waals surface area (Å²) in [6, 6.07) is 11.1. The van der Waals surface area contributed by atoms with E-state index in [1.807, 2.05) is 24.3 Å². The largest absolute Gasteiger partial charge is 0.417 e. The van der Waals surface area contributed by atoms with E-state index in [9.17, 15) is 4.79 Å². The van der Waals surface area contributed by atoms with Crippen LogP contribution < -0.4 is 16.8 Å². The average Bonchev–Trinajstić information content (AvgIpc) is 2.69. The van der Waals surface area contributed by atoms with Gasteiger partial charge in [0.05, 0.1) is 16.9 Å². The van der Waals surface area contributed by atoms with Crippen LogP contribution >= 0.6 is 15.9 Å². The van der Waals surface area contributed by atoms with E-state index in [0.29, 0.717) is 22.5 Å². The fourth-order valence-corrected chi connectivity index (χ4v) is 2.24. The highest BCUT2D eigenvalue weighted by molar-refractivity contribution is 9.10. The second-order valence-electron chi connectivity index (χ2n) is 4.09. The van der Waals surface area contributed by atoms with Gasteiger partial charge in [-0.05, 0) is 24.3 Å². The molecule has 0 aliphatic carbocycles. The van der Waals surface area contributed by atoms with Gasteiger partial charge in [-0.25, -0.2) is 4.79 Å². The molecular formula is C13H10BrN3O2. The van der Waals surface area contributed by atoms with E-state index in [-0.39, 0.29) is 0 Å². The van der Waals surface area contributed by atoms with Crippen molar-refractivity contribution in [3.63, 3.8) is 0 Å². The average molecular weight is 320 g/mol. The summed E-state index contributed by atoms with van der Waals surface area (Å²) >= 11 is 3.40. The third-order valence-corrected chi connectivity index (χ3v) is 3.19. The highest BCUT2D eigenvalue weighted by Gasteiger charge is 2.07. The van der Waals surface area contributed by atoms with Crippen LogP contribution in [0.4, 0.5) is 17.1 Å². The van der Waals surface area contributed by atoms with Gasteiger partial charge in [0.2, 0.25) is 0 Å². The van der Waals surface area contributed by atoms with Crippen LogP contribution in [0.3, 0.4) is 0 Å². The summed E-state index contributed by atoms with van der Waals surface area (Å²) < 4.78 is 5.91. The van der Waals surface area contributed by atoms with Crippen LogP contribution in [0.5, 0.6) is 0 Å². The first-order chi connectivity index (χ1) is 9.11. The van der Waals surface area contributed by atoms with Crippen LogP contribution in [-0.4, -0.2) is 4.98 Å². The smallest absolute Gasteiger partial charge is 0.408 e. The number of nitrogens with two attached hydrogens (primary N) is 1. The molecule has 3 rings (SSSR count). The Labute approximate surface area is 116 Å². The number of H-pyrrole nitrogens is 1. The fraction of sp³-hybridized carbons (Fsp3) is 0. The minimum absolute atomic E-state index is 0.447. The van der Waals surface area contributed by atoms with Gasteiger partial charge in [0.25, 0.3) is 0 Å². The van der Waals surface area contributed by atoms with Crippen molar-refractivity contribution in [3.8, 4) is 0 Å². The lowest BCUT2D eigenvalue weighted by Crippen LogP contribution is -1.96. The van der Waals surface area contributed by atoms with E-state index in [0.717, 1.165) is 10.2 Å². The fourth-order valence-electron chi connectivity index (χ4n) is 1.84. The molecule has 1 heterocycles. The molecule has 0 amide bonds. The van der Waals surface area contributed by atoms with E-state index in [1.54, 1.807) is 12.1 Å². The monoisotopic (exact) mass is 319 g/mol. The Balaban J connectivity index is 2.04. The first-order valence-corrected chi connectivity index (χ1v) is 6.36. The molecule has 19 heavy (non-hydrogen) atoms. The predicted molar refractivity (Wildman–Crippen MR) is 78.7 cm³/mol. The second-order valence-corrected chi connectivity index (χ2v) is 5.00. The van der Waals surface area contributed by atoms with Crippen molar-refractivity contribution in [3.05, 3.63) is 51.4 Å². The van der Waals surface area contributed by atoms with Gasteiger partial charge < -0.3 is 15.5 Å². The molecule has 0 spiro atoms. The van der Waals surface area contributed by atoms with Gasteiger partial charge in [0.15, 0.2) is 5.58 Å². The van der Waals surface area contributed by atoms with Crippen LogP contribution in [0, 0.1) is 0 Å². The van der Waals surface area contributed by atoms with E-state index in [1.165, 1.54) is 0 Å². The van der Waals surface area contributed by atoms with E-state index < -0.39 is 5.76 Å². The second kappa shape index (κ2) is 4.47. The van der Waals surface area contributed by atoms with Crippen LogP contribution in [0.2, 0.25) is 0 Å². The van der Waals surface area contributed by atoms with Crippen molar-refractivity contribution in [1.82, 2.24) is 4.98 Å². The van der Waals surface area contributed by atoms with Gasteiger partial charge in [-0.15, -0.1) is 0 Å². The molecule has 4 N–H and O–H groups in total. The molecule has 0 aliphatic heterocycles. The van der Waals surface area contributed by atoms with Crippen molar-refractivity contribution in [1.29, 1.82) is 0 Å². The highest BCUT2D eigenvalue weighted by Crippen LogP contribution is 2.28. The van der Waals surface area contributed by atoms with Crippen LogP contribution in [0.1, 0.15) is 0 Å². The molecule has 96 valence electrons. The lowest BCUT2D eigenvalue weighted by atomic mass is 10.2. The number of halogens is 1. The van der Waals surface area contributed by atoms with Crippen molar-refractivity contribution in [2.45, 2.75) is 0 Å². The lowest BCUT2D eigenvalue weighted by molar-refractivity contribution is 0.555. The van der Waals surface area contributed by atoms with Crippen molar-refractivity contribution in [2.24, 2.45) is 0 Å². The number of nitrogen functional groups attached to an aromatic ring is 1. The molecule has 0 saturated carbocycles. The molecular weight excluding hydrogens is 310 g/mol. The Morgan fingerprint density at radius 2 is 2.11 bits per heavy atom. The maximum Gasteiger partial charge on any atom is 0.417 e.